The van der Waals surface area contributed by atoms with Crippen molar-refractivity contribution < 1.29 is 4.74 Å². The number of benzene rings is 1. The van der Waals surface area contributed by atoms with Crippen LogP contribution in [0.1, 0.15) is 50.2 Å². The topological polar surface area (TPSA) is 21.3 Å². The van der Waals surface area contributed by atoms with Crippen LogP contribution < -0.4 is 10.1 Å². The lowest BCUT2D eigenvalue weighted by atomic mass is 9.83. The minimum absolute atomic E-state index is 0.223. The number of fused-ring (bicyclic) bond motifs is 1. The van der Waals surface area contributed by atoms with Crippen LogP contribution in [-0.4, -0.2) is 18.7 Å². The van der Waals surface area contributed by atoms with Crippen LogP contribution in [0.25, 0.3) is 0 Å². The Labute approximate surface area is 126 Å². The lowest BCUT2D eigenvalue weighted by molar-refractivity contribution is 0.294. The molecule has 0 amide bonds. The van der Waals surface area contributed by atoms with Crippen molar-refractivity contribution in [3.8, 4) is 5.75 Å². The maximum atomic E-state index is 6.29. The summed E-state index contributed by atoms with van der Waals surface area (Å²) < 4.78 is 5.86. The Hall–Kier alpha value is -0.730. The summed E-state index contributed by atoms with van der Waals surface area (Å²) in [4.78, 5) is 0. The van der Waals surface area contributed by atoms with E-state index in [2.05, 4.69) is 24.4 Å². The first kappa shape index (κ1) is 14.2. The average molecular weight is 294 g/mol. The summed E-state index contributed by atoms with van der Waals surface area (Å²) in [6, 6.07) is 4.17. The fourth-order valence-corrected chi connectivity index (χ4v) is 3.89. The molecule has 1 aromatic carbocycles. The van der Waals surface area contributed by atoms with Gasteiger partial charge in [0.15, 0.2) is 0 Å². The quantitative estimate of drug-likeness (QED) is 0.905. The molecule has 110 valence electrons. The second-order valence-corrected chi connectivity index (χ2v) is 6.64. The molecule has 3 rings (SSSR count). The summed E-state index contributed by atoms with van der Waals surface area (Å²) >= 11 is 6.29. The molecule has 0 spiro atoms. The molecule has 0 aliphatic carbocycles. The van der Waals surface area contributed by atoms with Crippen LogP contribution in [-0.2, 0) is 12.8 Å². The summed E-state index contributed by atoms with van der Waals surface area (Å²) in [6.07, 6.45) is 8.41. The van der Waals surface area contributed by atoms with E-state index in [4.69, 9.17) is 16.3 Å². The third-order valence-corrected chi connectivity index (χ3v) is 5.08. The van der Waals surface area contributed by atoms with Crippen molar-refractivity contribution in [1.29, 1.82) is 0 Å². The van der Waals surface area contributed by atoms with Gasteiger partial charge in [0.05, 0.1) is 6.61 Å². The molecule has 0 bridgehead atoms. The van der Waals surface area contributed by atoms with Gasteiger partial charge in [0.1, 0.15) is 5.75 Å². The van der Waals surface area contributed by atoms with E-state index in [0.717, 1.165) is 43.2 Å². The van der Waals surface area contributed by atoms with Crippen LogP contribution in [0.5, 0.6) is 5.75 Å². The van der Waals surface area contributed by atoms with Gasteiger partial charge in [0.2, 0.25) is 0 Å². The highest BCUT2D eigenvalue weighted by Gasteiger charge is 2.31. The zero-order valence-corrected chi connectivity index (χ0v) is 13.1. The van der Waals surface area contributed by atoms with Crippen LogP contribution in [0.4, 0.5) is 0 Å². The van der Waals surface area contributed by atoms with Gasteiger partial charge in [0, 0.05) is 17.0 Å². The van der Waals surface area contributed by atoms with Crippen molar-refractivity contribution in [2.24, 2.45) is 0 Å². The Balaban J connectivity index is 1.89. The summed E-state index contributed by atoms with van der Waals surface area (Å²) in [6.45, 7) is 4.23. The van der Waals surface area contributed by atoms with E-state index >= 15 is 0 Å². The van der Waals surface area contributed by atoms with Crippen molar-refractivity contribution >= 4 is 11.6 Å². The molecule has 1 fully saturated rings. The number of hydrogen-bond acceptors (Lipinski definition) is 2. The van der Waals surface area contributed by atoms with Gasteiger partial charge in [-0.15, -0.1) is 0 Å². The molecular weight excluding hydrogens is 270 g/mol. The van der Waals surface area contributed by atoms with E-state index in [9.17, 15) is 0 Å². The highest BCUT2D eigenvalue weighted by atomic mass is 35.5. The molecule has 2 aliphatic heterocycles. The van der Waals surface area contributed by atoms with Gasteiger partial charge in [-0.05, 0) is 55.5 Å². The fraction of sp³-hybridized carbons (Fsp3) is 0.647. The first-order valence-electron chi connectivity index (χ1n) is 7.91. The van der Waals surface area contributed by atoms with Crippen molar-refractivity contribution in [2.75, 3.05) is 13.2 Å². The maximum Gasteiger partial charge on any atom is 0.125 e. The van der Waals surface area contributed by atoms with Gasteiger partial charge < -0.3 is 10.1 Å². The van der Waals surface area contributed by atoms with Crippen molar-refractivity contribution in [2.45, 2.75) is 57.4 Å². The number of rotatable bonds is 3. The first-order chi connectivity index (χ1) is 9.72. The van der Waals surface area contributed by atoms with E-state index in [1.165, 1.54) is 36.8 Å². The van der Waals surface area contributed by atoms with Gasteiger partial charge in [-0.25, -0.2) is 0 Å². The Morgan fingerprint density at radius 3 is 3.05 bits per heavy atom. The number of nitrogens with one attached hydrogen (secondary N) is 1. The molecule has 2 heterocycles. The van der Waals surface area contributed by atoms with Crippen LogP contribution in [0, 0.1) is 0 Å². The average Bonchev–Trinajstić information content (AvgIpc) is 2.78. The van der Waals surface area contributed by atoms with Crippen molar-refractivity contribution in [1.82, 2.24) is 5.32 Å². The molecule has 0 aromatic heterocycles. The van der Waals surface area contributed by atoms with Crippen LogP contribution in [0.2, 0.25) is 5.02 Å². The van der Waals surface area contributed by atoms with Gasteiger partial charge in [-0.3, -0.25) is 0 Å². The third kappa shape index (κ3) is 2.82. The number of hydrogen-bond donors (Lipinski definition) is 1. The first-order valence-corrected chi connectivity index (χ1v) is 8.29. The molecule has 1 aromatic rings. The van der Waals surface area contributed by atoms with E-state index < -0.39 is 0 Å². The predicted octanol–water partition coefficient (Wildman–Crippen LogP) is 4.13. The van der Waals surface area contributed by atoms with E-state index in [1.807, 2.05) is 0 Å². The Bertz CT molecular complexity index is 478. The highest BCUT2D eigenvalue weighted by Crippen LogP contribution is 2.37. The molecule has 1 atom stereocenters. The molecular formula is C17H24ClNO. The zero-order chi connectivity index (χ0) is 14.0. The summed E-state index contributed by atoms with van der Waals surface area (Å²) in [7, 11) is 0. The zero-order valence-electron chi connectivity index (χ0n) is 12.3. The molecule has 0 saturated carbocycles. The molecule has 0 radical (unpaired) electrons. The Kier molecular flexibility index (Phi) is 4.23. The van der Waals surface area contributed by atoms with E-state index in [-0.39, 0.29) is 5.54 Å². The summed E-state index contributed by atoms with van der Waals surface area (Å²) in [5, 5.41) is 4.66. The highest BCUT2D eigenvalue weighted by molar-refractivity contribution is 6.30. The predicted molar refractivity (Wildman–Crippen MR) is 83.8 cm³/mol. The second kappa shape index (κ2) is 5.95. The monoisotopic (exact) mass is 293 g/mol. The molecule has 2 aliphatic rings. The molecule has 1 unspecified atom stereocenters. The standard InChI is InChI=1S/C17H24ClNO/c1-2-17(7-4-3-5-8-19-17)12-14-11-15(18)10-13-6-9-20-16(13)14/h10-11,19H,2-9,12H2,1H3. The fourth-order valence-electron chi connectivity index (χ4n) is 3.63. The molecule has 20 heavy (non-hydrogen) atoms. The largest absolute Gasteiger partial charge is 0.493 e. The van der Waals surface area contributed by atoms with Gasteiger partial charge in [-0.2, -0.15) is 0 Å². The van der Waals surface area contributed by atoms with Crippen LogP contribution in [0.15, 0.2) is 12.1 Å². The molecule has 2 nitrogen and oxygen atoms in total. The molecule has 1 N–H and O–H groups in total. The van der Waals surface area contributed by atoms with Gasteiger partial charge in [0.25, 0.3) is 0 Å². The van der Waals surface area contributed by atoms with Crippen LogP contribution in [0.3, 0.4) is 0 Å². The minimum atomic E-state index is 0.223. The summed E-state index contributed by atoms with van der Waals surface area (Å²) in [5.74, 6) is 1.10. The molecule has 3 heteroatoms. The smallest absolute Gasteiger partial charge is 0.125 e. The maximum absolute atomic E-state index is 6.29. The lowest BCUT2D eigenvalue weighted by Crippen LogP contribution is -2.46. The van der Waals surface area contributed by atoms with Gasteiger partial charge >= 0.3 is 0 Å². The Morgan fingerprint density at radius 1 is 1.30 bits per heavy atom. The number of halogens is 1. The minimum Gasteiger partial charge on any atom is -0.493 e. The Morgan fingerprint density at radius 2 is 2.20 bits per heavy atom. The van der Waals surface area contributed by atoms with E-state index in [0.29, 0.717) is 0 Å². The number of ether oxygens (including phenoxy) is 1. The van der Waals surface area contributed by atoms with Crippen molar-refractivity contribution in [3.63, 3.8) is 0 Å². The van der Waals surface area contributed by atoms with Crippen molar-refractivity contribution in [3.05, 3.63) is 28.3 Å². The van der Waals surface area contributed by atoms with E-state index in [1.54, 1.807) is 0 Å². The normalized spacial score (nSPS) is 25.9. The van der Waals surface area contributed by atoms with Crippen LogP contribution >= 0.6 is 11.6 Å². The van der Waals surface area contributed by atoms with Gasteiger partial charge in [-0.1, -0.05) is 31.4 Å². The lowest BCUT2D eigenvalue weighted by Gasteiger charge is -2.33. The SMILES string of the molecule is CCC1(Cc2cc(Cl)cc3c2OCC3)CCCCCN1. The molecule has 1 saturated heterocycles. The summed E-state index contributed by atoms with van der Waals surface area (Å²) in [5.41, 5.74) is 2.80. The third-order valence-electron chi connectivity index (χ3n) is 4.86. The second-order valence-electron chi connectivity index (χ2n) is 6.20.